The minimum Gasteiger partial charge on any atom is -0.351 e. The fraction of sp³-hybridized carbons (Fsp3) is 0.263. The second-order valence-corrected chi connectivity index (χ2v) is 7.87. The Morgan fingerprint density at radius 3 is 2.42 bits per heavy atom. The molecule has 0 aliphatic carbocycles. The van der Waals surface area contributed by atoms with Gasteiger partial charge in [-0.3, -0.25) is 9.52 Å². The summed E-state index contributed by atoms with van der Waals surface area (Å²) in [5.74, 6) is -0.730. The number of rotatable bonds is 6. The molecule has 0 aliphatic heterocycles. The van der Waals surface area contributed by atoms with E-state index in [4.69, 9.17) is 5.26 Å². The van der Waals surface area contributed by atoms with Gasteiger partial charge in [0.25, 0.3) is 15.9 Å². The maximum absolute atomic E-state index is 12.6. The smallest absolute Gasteiger partial charge is 0.261 e. The third-order valence-corrected chi connectivity index (χ3v) is 5.24. The van der Waals surface area contributed by atoms with Crippen molar-refractivity contribution >= 4 is 21.6 Å². The lowest BCUT2D eigenvalue weighted by Gasteiger charge is -2.12. The van der Waals surface area contributed by atoms with E-state index >= 15 is 0 Å². The predicted octanol–water partition coefficient (Wildman–Crippen LogP) is 2.99. The number of aryl methyl sites for hydroxylation is 2. The zero-order valence-electron chi connectivity index (χ0n) is 14.9. The molecule has 0 saturated heterocycles. The highest BCUT2D eigenvalue weighted by Crippen LogP contribution is 2.19. The standard InChI is InChI=1S/C19H21N3O3S/c1-13-4-7-16(8-5-13)22-26(24,25)17-9-6-15(3)18(10-17)19(23)21-12-14(2)11-20/h4-10,14,22H,12H2,1-3H3,(H,21,23). The zero-order chi connectivity index (χ0) is 19.3. The molecule has 2 aromatic carbocycles. The van der Waals surface area contributed by atoms with Gasteiger partial charge in [-0.1, -0.05) is 23.8 Å². The van der Waals surface area contributed by atoms with Gasteiger partial charge in [-0.15, -0.1) is 0 Å². The van der Waals surface area contributed by atoms with E-state index < -0.39 is 15.9 Å². The number of sulfonamides is 1. The molecule has 6 nitrogen and oxygen atoms in total. The summed E-state index contributed by atoms with van der Waals surface area (Å²) >= 11 is 0. The number of anilines is 1. The van der Waals surface area contributed by atoms with Crippen LogP contribution in [0, 0.1) is 31.1 Å². The number of nitrogens with one attached hydrogen (secondary N) is 2. The van der Waals surface area contributed by atoms with Gasteiger partial charge in [-0.05, 0) is 50.6 Å². The van der Waals surface area contributed by atoms with Gasteiger partial charge in [-0.2, -0.15) is 5.26 Å². The maximum Gasteiger partial charge on any atom is 0.261 e. The molecule has 136 valence electrons. The van der Waals surface area contributed by atoms with Crippen LogP contribution in [0.5, 0.6) is 0 Å². The summed E-state index contributed by atoms with van der Waals surface area (Å²) in [6.07, 6.45) is 0. The molecule has 0 spiro atoms. The Kier molecular flexibility index (Phi) is 6.01. The average molecular weight is 371 g/mol. The quantitative estimate of drug-likeness (QED) is 0.815. The molecule has 2 aromatic rings. The molecule has 0 radical (unpaired) electrons. The molecule has 0 fully saturated rings. The minimum atomic E-state index is -3.82. The Labute approximate surface area is 153 Å². The van der Waals surface area contributed by atoms with Gasteiger partial charge in [0, 0.05) is 17.8 Å². The molecule has 1 unspecified atom stereocenters. The van der Waals surface area contributed by atoms with E-state index in [0.717, 1.165) is 5.56 Å². The molecule has 2 rings (SSSR count). The first-order valence-corrected chi connectivity index (χ1v) is 9.59. The molecular weight excluding hydrogens is 350 g/mol. The van der Waals surface area contributed by atoms with E-state index in [1.807, 2.05) is 25.1 Å². The molecule has 26 heavy (non-hydrogen) atoms. The highest BCUT2D eigenvalue weighted by Gasteiger charge is 2.18. The van der Waals surface area contributed by atoms with E-state index in [1.54, 1.807) is 32.0 Å². The summed E-state index contributed by atoms with van der Waals surface area (Å²) in [4.78, 5) is 12.3. The molecule has 7 heteroatoms. The van der Waals surface area contributed by atoms with E-state index in [9.17, 15) is 13.2 Å². The van der Waals surface area contributed by atoms with Crippen LogP contribution in [0.15, 0.2) is 47.4 Å². The van der Waals surface area contributed by atoms with Crippen molar-refractivity contribution < 1.29 is 13.2 Å². The molecule has 1 atom stereocenters. The van der Waals surface area contributed by atoms with E-state index in [2.05, 4.69) is 10.0 Å². The van der Waals surface area contributed by atoms with Crippen molar-refractivity contribution in [3.8, 4) is 6.07 Å². The Balaban J connectivity index is 2.25. The van der Waals surface area contributed by atoms with Gasteiger partial charge in [-0.25, -0.2) is 8.42 Å². The Morgan fingerprint density at radius 2 is 1.81 bits per heavy atom. The lowest BCUT2D eigenvalue weighted by atomic mass is 10.1. The third-order valence-electron chi connectivity index (χ3n) is 3.86. The minimum absolute atomic E-state index is 0.00200. The van der Waals surface area contributed by atoms with Crippen LogP contribution in [-0.2, 0) is 10.0 Å². The van der Waals surface area contributed by atoms with Crippen LogP contribution < -0.4 is 10.0 Å². The summed E-state index contributed by atoms with van der Waals surface area (Å²) in [6.45, 7) is 5.54. The van der Waals surface area contributed by atoms with Gasteiger partial charge in [0.15, 0.2) is 0 Å². The van der Waals surface area contributed by atoms with E-state index in [0.29, 0.717) is 11.3 Å². The molecule has 2 N–H and O–H groups in total. The van der Waals surface area contributed by atoms with Crippen molar-refractivity contribution in [2.24, 2.45) is 5.92 Å². The number of nitrogens with zero attached hydrogens (tertiary/aromatic N) is 1. The second kappa shape index (κ2) is 8.02. The number of carbonyl (C=O) groups excluding carboxylic acids is 1. The number of nitriles is 1. The molecule has 1 amide bonds. The molecule has 0 aliphatic rings. The first-order valence-electron chi connectivity index (χ1n) is 8.11. The van der Waals surface area contributed by atoms with Gasteiger partial charge in [0.1, 0.15) is 0 Å². The second-order valence-electron chi connectivity index (χ2n) is 6.19. The van der Waals surface area contributed by atoms with Crippen LogP contribution in [0.25, 0.3) is 0 Å². The molecule has 0 aromatic heterocycles. The van der Waals surface area contributed by atoms with Crippen LogP contribution in [0.2, 0.25) is 0 Å². The van der Waals surface area contributed by atoms with Crippen LogP contribution in [0.4, 0.5) is 5.69 Å². The van der Waals surface area contributed by atoms with Gasteiger partial charge >= 0.3 is 0 Å². The zero-order valence-corrected chi connectivity index (χ0v) is 15.7. The predicted molar refractivity (Wildman–Crippen MR) is 100 cm³/mol. The summed E-state index contributed by atoms with van der Waals surface area (Å²) in [7, 11) is -3.82. The topological polar surface area (TPSA) is 99.1 Å². The SMILES string of the molecule is Cc1ccc(NS(=O)(=O)c2ccc(C)c(C(=O)NCC(C)C#N)c2)cc1. The van der Waals surface area contributed by atoms with Crippen molar-refractivity contribution in [2.45, 2.75) is 25.7 Å². The van der Waals surface area contributed by atoms with Crippen molar-refractivity contribution in [1.29, 1.82) is 5.26 Å². The molecule has 0 heterocycles. The number of hydrogen-bond acceptors (Lipinski definition) is 4. The first-order chi connectivity index (χ1) is 12.2. The Hall–Kier alpha value is -2.85. The molecular formula is C19H21N3O3S. The van der Waals surface area contributed by atoms with Crippen LogP contribution >= 0.6 is 0 Å². The fourth-order valence-electron chi connectivity index (χ4n) is 2.24. The largest absolute Gasteiger partial charge is 0.351 e. The van der Waals surface area contributed by atoms with E-state index in [1.165, 1.54) is 12.1 Å². The normalized spacial score (nSPS) is 12.1. The highest BCUT2D eigenvalue weighted by atomic mass is 32.2. The van der Waals surface area contributed by atoms with Crippen LogP contribution in [0.3, 0.4) is 0 Å². The lowest BCUT2D eigenvalue weighted by molar-refractivity contribution is 0.0950. The summed E-state index contributed by atoms with van der Waals surface area (Å²) in [6, 6.07) is 13.4. The van der Waals surface area contributed by atoms with Crippen molar-refractivity contribution in [3.63, 3.8) is 0 Å². The number of benzene rings is 2. The Morgan fingerprint density at radius 1 is 1.15 bits per heavy atom. The van der Waals surface area contributed by atoms with Crippen LogP contribution in [-0.4, -0.2) is 20.9 Å². The van der Waals surface area contributed by atoms with Gasteiger partial charge < -0.3 is 5.32 Å². The van der Waals surface area contributed by atoms with E-state index in [-0.39, 0.29) is 22.9 Å². The highest BCUT2D eigenvalue weighted by molar-refractivity contribution is 7.92. The third kappa shape index (κ3) is 4.83. The summed E-state index contributed by atoms with van der Waals surface area (Å²) in [5.41, 5.74) is 2.39. The maximum atomic E-state index is 12.6. The van der Waals surface area contributed by atoms with Crippen molar-refractivity contribution in [2.75, 3.05) is 11.3 Å². The summed E-state index contributed by atoms with van der Waals surface area (Å²) < 4.78 is 27.7. The first kappa shape index (κ1) is 19.5. The van der Waals surface area contributed by atoms with Crippen molar-refractivity contribution in [1.82, 2.24) is 5.32 Å². The number of amides is 1. The van der Waals surface area contributed by atoms with Crippen LogP contribution in [0.1, 0.15) is 28.4 Å². The molecule has 0 bridgehead atoms. The molecule has 0 saturated carbocycles. The van der Waals surface area contributed by atoms with Crippen molar-refractivity contribution in [3.05, 3.63) is 59.2 Å². The monoisotopic (exact) mass is 371 g/mol. The lowest BCUT2D eigenvalue weighted by Crippen LogP contribution is -2.28. The number of carbonyl (C=O) groups is 1. The van der Waals surface area contributed by atoms with Gasteiger partial charge in [0.2, 0.25) is 0 Å². The average Bonchev–Trinajstić information content (AvgIpc) is 2.61. The number of hydrogen-bond donors (Lipinski definition) is 2. The fourth-order valence-corrected chi connectivity index (χ4v) is 3.32. The van der Waals surface area contributed by atoms with Gasteiger partial charge in [0.05, 0.1) is 16.9 Å². The summed E-state index contributed by atoms with van der Waals surface area (Å²) in [5, 5.41) is 11.4. The Bertz CT molecular complexity index is 945.